The Kier molecular flexibility index (Phi) is 5.33. The molecular formula is C14H18N2OS. The highest BCUT2D eigenvalue weighted by Crippen LogP contribution is 2.09. The molecule has 0 fully saturated rings. The minimum Gasteiger partial charge on any atom is -0.380 e. The lowest BCUT2D eigenvalue weighted by Crippen LogP contribution is -2.17. The van der Waals surface area contributed by atoms with Crippen molar-refractivity contribution in [3.8, 4) is 0 Å². The summed E-state index contributed by atoms with van der Waals surface area (Å²) in [6, 6.07) is 8.37. The molecule has 1 aromatic carbocycles. The zero-order chi connectivity index (χ0) is 12.6. The van der Waals surface area contributed by atoms with E-state index in [2.05, 4.69) is 33.9 Å². The van der Waals surface area contributed by atoms with Crippen molar-refractivity contribution in [2.24, 2.45) is 0 Å². The number of nitrogens with one attached hydrogen (secondary N) is 1. The minimum atomic E-state index is 0.671. The Bertz CT molecular complexity index is 457. The molecule has 0 aliphatic carbocycles. The van der Waals surface area contributed by atoms with Gasteiger partial charge < -0.3 is 10.1 Å². The van der Waals surface area contributed by atoms with E-state index in [0.29, 0.717) is 6.61 Å². The normalized spacial score (nSPS) is 10.7. The van der Waals surface area contributed by atoms with E-state index in [1.54, 1.807) is 18.4 Å². The number of hydrogen-bond donors (Lipinski definition) is 1. The molecule has 0 unspecified atom stereocenters. The van der Waals surface area contributed by atoms with Gasteiger partial charge in [-0.25, -0.2) is 4.98 Å². The highest BCUT2D eigenvalue weighted by atomic mass is 32.1. The van der Waals surface area contributed by atoms with Crippen LogP contribution in [-0.4, -0.2) is 18.6 Å². The monoisotopic (exact) mass is 262 g/mol. The molecular weight excluding hydrogens is 244 g/mol. The summed E-state index contributed by atoms with van der Waals surface area (Å²) in [6.45, 7) is 2.50. The van der Waals surface area contributed by atoms with Gasteiger partial charge in [-0.3, -0.25) is 0 Å². The Morgan fingerprint density at radius 2 is 2.11 bits per heavy atom. The van der Waals surface area contributed by atoms with Gasteiger partial charge >= 0.3 is 0 Å². The lowest BCUT2D eigenvalue weighted by atomic mass is 10.1. The summed E-state index contributed by atoms with van der Waals surface area (Å²) in [5.41, 5.74) is 5.60. The van der Waals surface area contributed by atoms with Crippen LogP contribution in [0.4, 0.5) is 0 Å². The topological polar surface area (TPSA) is 34.1 Å². The van der Waals surface area contributed by atoms with Crippen molar-refractivity contribution >= 4 is 11.3 Å². The summed E-state index contributed by atoms with van der Waals surface area (Å²) in [6.07, 6.45) is 0.982. The zero-order valence-electron chi connectivity index (χ0n) is 10.6. The predicted molar refractivity (Wildman–Crippen MR) is 74.7 cm³/mol. The average Bonchev–Trinajstić information content (AvgIpc) is 2.90. The van der Waals surface area contributed by atoms with Gasteiger partial charge in [0.2, 0.25) is 0 Å². The summed E-state index contributed by atoms with van der Waals surface area (Å²) in [4.78, 5) is 4.27. The van der Waals surface area contributed by atoms with Crippen LogP contribution in [-0.2, 0) is 24.3 Å². The molecule has 0 saturated carbocycles. The van der Waals surface area contributed by atoms with E-state index in [0.717, 1.165) is 25.2 Å². The van der Waals surface area contributed by atoms with Gasteiger partial charge in [0, 0.05) is 32.0 Å². The van der Waals surface area contributed by atoms with Crippen LogP contribution < -0.4 is 5.32 Å². The third-order valence-corrected chi connectivity index (χ3v) is 3.41. The van der Waals surface area contributed by atoms with Crippen LogP contribution in [0.1, 0.15) is 16.8 Å². The molecule has 2 rings (SSSR count). The van der Waals surface area contributed by atoms with E-state index in [1.165, 1.54) is 11.1 Å². The molecule has 96 valence electrons. The fraction of sp³-hybridized carbons (Fsp3) is 0.357. The number of aromatic nitrogens is 1. The Morgan fingerprint density at radius 1 is 1.28 bits per heavy atom. The van der Waals surface area contributed by atoms with Crippen molar-refractivity contribution in [2.45, 2.75) is 19.6 Å². The Balaban J connectivity index is 1.79. The average molecular weight is 262 g/mol. The van der Waals surface area contributed by atoms with Crippen molar-refractivity contribution in [1.82, 2.24) is 10.3 Å². The number of benzene rings is 1. The molecule has 0 aliphatic rings. The highest BCUT2D eigenvalue weighted by Gasteiger charge is 2.01. The number of methoxy groups -OCH3 is 1. The largest absolute Gasteiger partial charge is 0.380 e. The first-order valence-electron chi connectivity index (χ1n) is 6.03. The van der Waals surface area contributed by atoms with E-state index in [1.807, 2.05) is 11.6 Å². The van der Waals surface area contributed by atoms with Crippen LogP contribution in [0.15, 0.2) is 35.2 Å². The van der Waals surface area contributed by atoms with Gasteiger partial charge in [-0.1, -0.05) is 24.3 Å². The van der Waals surface area contributed by atoms with Gasteiger partial charge in [0.15, 0.2) is 0 Å². The maximum absolute atomic E-state index is 5.20. The molecule has 2 aromatic rings. The molecule has 4 heteroatoms. The smallest absolute Gasteiger partial charge is 0.0794 e. The third-order valence-electron chi connectivity index (χ3n) is 2.78. The molecule has 0 atom stereocenters. The predicted octanol–water partition coefficient (Wildman–Crippen LogP) is 2.62. The van der Waals surface area contributed by atoms with Crippen LogP contribution in [0.25, 0.3) is 0 Å². The lowest BCUT2D eigenvalue weighted by Gasteiger charge is -2.09. The van der Waals surface area contributed by atoms with E-state index < -0.39 is 0 Å². The van der Waals surface area contributed by atoms with Crippen molar-refractivity contribution in [1.29, 1.82) is 0 Å². The number of rotatable bonds is 7. The Labute approximate surface area is 112 Å². The molecule has 1 aromatic heterocycles. The molecule has 0 radical (unpaired) electrons. The lowest BCUT2D eigenvalue weighted by molar-refractivity contribution is 0.184. The first-order valence-corrected chi connectivity index (χ1v) is 6.98. The molecule has 0 aliphatic heterocycles. The van der Waals surface area contributed by atoms with E-state index >= 15 is 0 Å². The second-order valence-corrected chi connectivity index (χ2v) is 4.83. The molecule has 18 heavy (non-hydrogen) atoms. The van der Waals surface area contributed by atoms with Crippen molar-refractivity contribution < 1.29 is 4.74 Å². The standard InChI is InChI=1S/C14H18N2OS/c1-17-9-13-5-3-2-4-12(13)8-15-7-6-14-10-18-11-16-14/h2-5,10-11,15H,6-9H2,1H3. The van der Waals surface area contributed by atoms with Crippen LogP contribution >= 0.6 is 11.3 Å². The van der Waals surface area contributed by atoms with Crippen molar-refractivity contribution in [3.63, 3.8) is 0 Å². The summed E-state index contributed by atoms with van der Waals surface area (Å²) >= 11 is 1.65. The minimum absolute atomic E-state index is 0.671. The quantitative estimate of drug-likeness (QED) is 0.779. The van der Waals surface area contributed by atoms with E-state index in [-0.39, 0.29) is 0 Å². The van der Waals surface area contributed by atoms with Gasteiger partial charge in [0.25, 0.3) is 0 Å². The summed E-state index contributed by atoms with van der Waals surface area (Å²) in [5.74, 6) is 0. The fourth-order valence-electron chi connectivity index (χ4n) is 1.83. The van der Waals surface area contributed by atoms with E-state index in [4.69, 9.17) is 4.74 Å². The number of nitrogens with zero attached hydrogens (tertiary/aromatic N) is 1. The van der Waals surface area contributed by atoms with Crippen molar-refractivity contribution in [2.75, 3.05) is 13.7 Å². The summed E-state index contributed by atoms with van der Waals surface area (Å²) < 4.78 is 5.20. The zero-order valence-corrected chi connectivity index (χ0v) is 11.4. The maximum Gasteiger partial charge on any atom is 0.0794 e. The van der Waals surface area contributed by atoms with Gasteiger partial charge in [-0.05, 0) is 11.1 Å². The molecule has 0 bridgehead atoms. The molecule has 1 N–H and O–H groups in total. The number of ether oxygens (including phenoxy) is 1. The third kappa shape index (κ3) is 3.91. The number of hydrogen-bond acceptors (Lipinski definition) is 4. The van der Waals surface area contributed by atoms with Gasteiger partial charge in [-0.15, -0.1) is 11.3 Å². The number of thiazole rings is 1. The fourth-order valence-corrected chi connectivity index (χ4v) is 2.42. The van der Waals surface area contributed by atoms with Crippen LogP contribution in [0, 0.1) is 0 Å². The van der Waals surface area contributed by atoms with Gasteiger partial charge in [-0.2, -0.15) is 0 Å². The second kappa shape index (κ2) is 7.26. The molecule has 1 heterocycles. The second-order valence-electron chi connectivity index (χ2n) is 4.11. The SMILES string of the molecule is COCc1ccccc1CNCCc1cscn1. The van der Waals surface area contributed by atoms with Gasteiger partial charge in [0.05, 0.1) is 17.8 Å². The van der Waals surface area contributed by atoms with Crippen LogP contribution in [0.5, 0.6) is 0 Å². The highest BCUT2D eigenvalue weighted by molar-refractivity contribution is 7.07. The Morgan fingerprint density at radius 3 is 2.83 bits per heavy atom. The Hall–Kier alpha value is -1.23. The van der Waals surface area contributed by atoms with Crippen LogP contribution in [0.2, 0.25) is 0 Å². The van der Waals surface area contributed by atoms with Crippen molar-refractivity contribution in [3.05, 3.63) is 52.0 Å². The summed E-state index contributed by atoms with van der Waals surface area (Å²) in [7, 11) is 1.73. The van der Waals surface area contributed by atoms with E-state index in [9.17, 15) is 0 Å². The first-order chi connectivity index (χ1) is 8.90. The maximum atomic E-state index is 5.20. The molecule has 3 nitrogen and oxygen atoms in total. The molecule has 0 spiro atoms. The molecule has 0 saturated heterocycles. The summed E-state index contributed by atoms with van der Waals surface area (Å²) in [5, 5.41) is 5.55. The first kappa shape index (κ1) is 13.2. The van der Waals surface area contributed by atoms with Gasteiger partial charge in [0.1, 0.15) is 0 Å². The molecule has 0 amide bonds. The van der Waals surface area contributed by atoms with Crippen LogP contribution in [0.3, 0.4) is 0 Å².